The highest BCUT2D eigenvalue weighted by atomic mass is 79.9. The third kappa shape index (κ3) is 5.66. The molecule has 0 spiro atoms. The van der Waals surface area contributed by atoms with E-state index in [-0.39, 0.29) is 16.5 Å². The van der Waals surface area contributed by atoms with E-state index in [9.17, 15) is 8.42 Å². The van der Waals surface area contributed by atoms with Crippen molar-refractivity contribution in [1.82, 2.24) is 19.3 Å². The monoisotopic (exact) mass is 615 g/mol. The van der Waals surface area contributed by atoms with Crippen LogP contribution in [0.25, 0.3) is 16.9 Å². The second kappa shape index (κ2) is 10.8. The number of hydrogen-bond donors (Lipinski definition) is 2. The number of sulfonamides is 1. The standard InChI is InChI=1S/C26H20BrCl2N5O2S/c27-20-16-31-34-25(13-23(33-26(20)34)19-5-1-2-6-21(19)28)30-14-17-9-11-18(12-10-17)15-32-37(35,36)24-8-4-3-7-22(24)29/h1-13,16,30,32H,14-15H2. The fraction of sp³-hybridized carbons (Fsp3) is 0.0769. The Hall–Kier alpha value is -2.95. The number of fused-ring (bicyclic) bond motifs is 1. The molecule has 0 bridgehead atoms. The summed E-state index contributed by atoms with van der Waals surface area (Å²) < 4.78 is 30.3. The van der Waals surface area contributed by atoms with Crippen molar-refractivity contribution >= 4 is 60.6 Å². The number of hydrogen-bond acceptors (Lipinski definition) is 5. The van der Waals surface area contributed by atoms with Crippen LogP contribution in [0.15, 0.2) is 94.4 Å². The van der Waals surface area contributed by atoms with Crippen molar-refractivity contribution in [3.63, 3.8) is 0 Å². The Balaban J connectivity index is 1.31. The van der Waals surface area contributed by atoms with Gasteiger partial charge in [-0.25, -0.2) is 18.1 Å². The highest BCUT2D eigenvalue weighted by Crippen LogP contribution is 2.30. The molecule has 3 aromatic carbocycles. The van der Waals surface area contributed by atoms with E-state index in [2.05, 4.69) is 31.1 Å². The van der Waals surface area contributed by atoms with Crippen molar-refractivity contribution < 1.29 is 8.42 Å². The predicted molar refractivity (Wildman–Crippen MR) is 150 cm³/mol. The van der Waals surface area contributed by atoms with Crippen LogP contribution < -0.4 is 10.0 Å². The SMILES string of the molecule is O=S(=O)(NCc1ccc(CNc2cc(-c3ccccc3Cl)nc3c(Br)cnn23)cc1)c1ccccc1Cl. The summed E-state index contributed by atoms with van der Waals surface area (Å²) in [4.78, 5) is 4.78. The normalized spacial score (nSPS) is 11.6. The van der Waals surface area contributed by atoms with E-state index in [1.54, 1.807) is 28.9 Å². The first-order chi connectivity index (χ1) is 17.8. The number of benzene rings is 3. The summed E-state index contributed by atoms with van der Waals surface area (Å²) in [6.07, 6.45) is 1.70. The van der Waals surface area contributed by atoms with Gasteiger partial charge in [-0.1, -0.05) is 77.8 Å². The second-order valence-electron chi connectivity index (χ2n) is 8.16. The largest absolute Gasteiger partial charge is 0.366 e. The van der Waals surface area contributed by atoms with Gasteiger partial charge < -0.3 is 5.32 Å². The molecule has 2 heterocycles. The maximum Gasteiger partial charge on any atom is 0.242 e. The van der Waals surface area contributed by atoms with Gasteiger partial charge in [-0.05, 0) is 45.3 Å². The molecule has 11 heteroatoms. The predicted octanol–water partition coefficient (Wildman–Crippen LogP) is 6.56. The van der Waals surface area contributed by atoms with Crippen molar-refractivity contribution in [2.45, 2.75) is 18.0 Å². The van der Waals surface area contributed by atoms with Gasteiger partial charge in [0, 0.05) is 29.7 Å². The van der Waals surface area contributed by atoms with Crippen LogP contribution in [0, 0.1) is 0 Å². The van der Waals surface area contributed by atoms with Gasteiger partial charge in [0.2, 0.25) is 10.0 Å². The molecule has 0 saturated carbocycles. The average Bonchev–Trinajstić information content (AvgIpc) is 3.28. The first-order valence-corrected chi connectivity index (χ1v) is 14.2. The first kappa shape index (κ1) is 25.7. The molecule has 0 unspecified atom stereocenters. The molecule has 0 amide bonds. The van der Waals surface area contributed by atoms with Crippen molar-refractivity contribution in [3.8, 4) is 11.3 Å². The van der Waals surface area contributed by atoms with Gasteiger partial charge in [-0.2, -0.15) is 9.61 Å². The molecule has 188 valence electrons. The molecule has 2 aromatic heterocycles. The van der Waals surface area contributed by atoms with Crippen LogP contribution in [-0.4, -0.2) is 23.0 Å². The van der Waals surface area contributed by atoms with Crippen LogP contribution >= 0.6 is 39.1 Å². The molecule has 0 aliphatic rings. The fourth-order valence-corrected chi connectivity index (χ4v) is 5.87. The summed E-state index contributed by atoms with van der Waals surface area (Å²) in [6, 6.07) is 23.5. The third-order valence-corrected chi connectivity index (χ3v) is 8.46. The number of rotatable bonds is 8. The zero-order valence-electron chi connectivity index (χ0n) is 19.2. The van der Waals surface area contributed by atoms with E-state index in [1.165, 1.54) is 6.07 Å². The molecule has 0 aliphatic heterocycles. The van der Waals surface area contributed by atoms with Crippen LogP contribution in [0.2, 0.25) is 10.0 Å². The number of nitrogens with one attached hydrogen (secondary N) is 2. The molecular weight excluding hydrogens is 597 g/mol. The van der Waals surface area contributed by atoms with Crippen LogP contribution in [0.3, 0.4) is 0 Å². The average molecular weight is 617 g/mol. The van der Waals surface area contributed by atoms with Crippen molar-refractivity contribution in [2.24, 2.45) is 0 Å². The first-order valence-electron chi connectivity index (χ1n) is 11.2. The summed E-state index contributed by atoms with van der Waals surface area (Å²) in [6.45, 7) is 0.666. The molecule has 0 atom stereocenters. The molecule has 0 radical (unpaired) electrons. The Bertz CT molecular complexity index is 1690. The molecular formula is C26H20BrCl2N5O2S. The number of anilines is 1. The van der Waals surface area contributed by atoms with Gasteiger partial charge in [0.1, 0.15) is 10.7 Å². The number of aromatic nitrogens is 3. The quantitative estimate of drug-likeness (QED) is 0.206. The third-order valence-electron chi connectivity index (χ3n) is 5.67. The van der Waals surface area contributed by atoms with E-state index in [1.807, 2.05) is 54.6 Å². The Kier molecular flexibility index (Phi) is 7.50. The lowest BCUT2D eigenvalue weighted by atomic mass is 10.1. The minimum absolute atomic E-state index is 0.0579. The van der Waals surface area contributed by atoms with E-state index < -0.39 is 10.0 Å². The molecule has 5 aromatic rings. The van der Waals surface area contributed by atoms with Gasteiger partial charge in [0.25, 0.3) is 0 Å². The summed E-state index contributed by atoms with van der Waals surface area (Å²) in [5, 5.41) is 8.63. The molecule has 7 nitrogen and oxygen atoms in total. The molecule has 37 heavy (non-hydrogen) atoms. The number of halogens is 3. The number of nitrogens with zero attached hydrogens (tertiary/aromatic N) is 3. The summed E-state index contributed by atoms with van der Waals surface area (Å²) in [5.74, 6) is 0.752. The van der Waals surface area contributed by atoms with Crippen molar-refractivity contribution in [1.29, 1.82) is 0 Å². The van der Waals surface area contributed by atoms with Crippen LogP contribution in [0.5, 0.6) is 0 Å². The molecule has 2 N–H and O–H groups in total. The fourth-order valence-electron chi connectivity index (χ4n) is 3.76. The zero-order valence-corrected chi connectivity index (χ0v) is 23.1. The molecule has 5 rings (SSSR count). The van der Waals surface area contributed by atoms with E-state index >= 15 is 0 Å². The second-order valence-corrected chi connectivity index (χ2v) is 11.6. The van der Waals surface area contributed by atoms with E-state index in [0.717, 1.165) is 32.7 Å². The Labute approximate surface area is 232 Å². The highest BCUT2D eigenvalue weighted by molar-refractivity contribution is 9.10. The van der Waals surface area contributed by atoms with Crippen LogP contribution in [0.1, 0.15) is 11.1 Å². The van der Waals surface area contributed by atoms with Crippen LogP contribution in [-0.2, 0) is 23.1 Å². The van der Waals surface area contributed by atoms with Gasteiger partial charge in [0.15, 0.2) is 5.65 Å². The summed E-state index contributed by atoms with van der Waals surface area (Å²) in [5.41, 5.74) is 4.05. The minimum Gasteiger partial charge on any atom is -0.366 e. The summed E-state index contributed by atoms with van der Waals surface area (Å²) in [7, 11) is -3.72. The Morgan fingerprint density at radius 3 is 2.22 bits per heavy atom. The maximum atomic E-state index is 12.6. The van der Waals surface area contributed by atoms with Crippen molar-refractivity contribution in [2.75, 3.05) is 5.32 Å². The molecule has 0 aliphatic carbocycles. The highest BCUT2D eigenvalue weighted by Gasteiger charge is 2.17. The lowest BCUT2D eigenvalue weighted by molar-refractivity contribution is 0.581. The van der Waals surface area contributed by atoms with Crippen molar-refractivity contribution in [3.05, 3.63) is 111 Å². The van der Waals surface area contributed by atoms with Gasteiger partial charge in [-0.3, -0.25) is 0 Å². The lowest BCUT2D eigenvalue weighted by Crippen LogP contribution is -2.23. The summed E-state index contributed by atoms with van der Waals surface area (Å²) >= 11 is 16.0. The minimum atomic E-state index is -3.72. The lowest BCUT2D eigenvalue weighted by Gasteiger charge is -2.12. The maximum absolute atomic E-state index is 12.6. The zero-order chi connectivity index (χ0) is 26.0. The van der Waals surface area contributed by atoms with E-state index in [0.29, 0.717) is 17.2 Å². The Morgan fingerprint density at radius 1 is 0.865 bits per heavy atom. The smallest absolute Gasteiger partial charge is 0.242 e. The van der Waals surface area contributed by atoms with Crippen LogP contribution in [0.4, 0.5) is 5.82 Å². The van der Waals surface area contributed by atoms with E-state index in [4.69, 9.17) is 28.2 Å². The molecule has 0 fully saturated rings. The van der Waals surface area contributed by atoms with Gasteiger partial charge >= 0.3 is 0 Å². The Morgan fingerprint density at radius 2 is 1.51 bits per heavy atom. The topological polar surface area (TPSA) is 88.4 Å². The molecule has 0 saturated heterocycles. The van der Waals surface area contributed by atoms with Gasteiger partial charge in [0.05, 0.1) is 21.4 Å². The van der Waals surface area contributed by atoms with Gasteiger partial charge in [-0.15, -0.1) is 0 Å².